The molecule has 0 atom stereocenters. The lowest BCUT2D eigenvalue weighted by molar-refractivity contribution is -0.143. The van der Waals surface area contributed by atoms with E-state index in [1.165, 1.54) is 18.2 Å². The van der Waals surface area contributed by atoms with Gasteiger partial charge in [0.15, 0.2) is 0 Å². The zero-order valence-corrected chi connectivity index (χ0v) is 15.2. The normalized spacial score (nSPS) is 18.9. The van der Waals surface area contributed by atoms with E-state index in [1.807, 2.05) is 0 Å². The SMILES string of the molecule is O=C(Nc1cccc(F)c1)c1cccc(NC(=O)C2CCC(C(=O)O)CC2)c1. The van der Waals surface area contributed by atoms with E-state index in [1.54, 1.807) is 30.3 Å². The maximum Gasteiger partial charge on any atom is 0.306 e. The fraction of sp³-hybridized carbons (Fsp3) is 0.286. The minimum Gasteiger partial charge on any atom is -0.481 e. The maximum absolute atomic E-state index is 13.2. The molecule has 3 rings (SSSR count). The predicted molar refractivity (Wildman–Crippen MR) is 103 cm³/mol. The first-order valence-corrected chi connectivity index (χ1v) is 9.13. The van der Waals surface area contributed by atoms with Crippen LogP contribution in [-0.4, -0.2) is 22.9 Å². The fourth-order valence-corrected chi connectivity index (χ4v) is 3.35. The largest absolute Gasteiger partial charge is 0.481 e. The number of carboxylic acid groups (broad SMARTS) is 1. The number of carboxylic acids is 1. The number of aliphatic carboxylic acids is 1. The molecule has 1 aliphatic carbocycles. The second-order valence-corrected chi connectivity index (χ2v) is 6.92. The molecular formula is C21H21FN2O4. The van der Waals surface area contributed by atoms with Crippen LogP contribution in [0.25, 0.3) is 0 Å². The highest BCUT2D eigenvalue weighted by atomic mass is 19.1. The van der Waals surface area contributed by atoms with Gasteiger partial charge in [0.2, 0.25) is 5.91 Å². The average Bonchev–Trinajstić information content (AvgIpc) is 2.68. The third kappa shape index (κ3) is 4.94. The van der Waals surface area contributed by atoms with Gasteiger partial charge in [0, 0.05) is 22.9 Å². The van der Waals surface area contributed by atoms with Crippen molar-refractivity contribution in [2.45, 2.75) is 25.7 Å². The highest BCUT2D eigenvalue weighted by molar-refractivity contribution is 6.05. The zero-order valence-electron chi connectivity index (χ0n) is 15.2. The van der Waals surface area contributed by atoms with E-state index < -0.39 is 17.7 Å². The molecule has 2 amide bonds. The number of carbonyl (C=O) groups is 3. The van der Waals surface area contributed by atoms with Gasteiger partial charge in [-0.1, -0.05) is 12.1 Å². The molecule has 0 spiro atoms. The molecule has 1 aliphatic rings. The summed E-state index contributed by atoms with van der Waals surface area (Å²) in [6, 6.07) is 12.1. The number of nitrogens with one attached hydrogen (secondary N) is 2. The second-order valence-electron chi connectivity index (χ2n) is 6.92. The van der Waals surface area contributed by atoms with E-state index in [2.05, 4.69) is 10.6 Å². The molecule has 2 aromatic rings. The van der Waals surface area contributed by atoms with Gasteiger partial charge in [-0.3, -0.25) is 14.4 Å². The van der Waals surface area contributed by atoms with Crippen LogP contribution in [0.4, 0.5) is 15.8 Å². The number of carbonyl (C=O) groups excluding carboxylic acids is 2. The topological polar surface area (TPSA) is 95.5 Å². The van der Waals surface area contributed by atoms with Crippen LogP contribution in [0.15, 0.2) is 48.5 Å². The van der Waals surface area contributed by atoms with Crippen molar-refractivity contribution in [2.75, 3.05) is 10.6 Å². The Morgan fingerprint density at radius 1 is 0.857 bits per heavy atom. The van der Waals surface area contributed by atoms with Gasteiger partial charge in [-0.15, -0.1) is 0 Å². The van der Waals surface area contributed by atoms with Crippen LogP contribution in [0.1, 0.15) is 36.0 Å². The maximum atomic E-state index is 13.2. The first-order valence-electron chi connectivity index (χ1n) is 9.13. The molecule has 28 heavy (non-hydrogen) atoms. The Hall–Kier alpha value is -3.22. The molecule has 7 heteroatoms. The highest BCUT2D eigenvalue weighted by Crippen LogP contribution is 2.30. The third-order valence-electron chi connectivity index (χ3n) is 4.92. The van der Waals surface area contributed by atoms with Crippen molar-refractivity contribution >= 4 is 29.2 Å². The Morgan fingerprint density at radius 2 is 1.46 bits per heavy atom. The molecule has 0 unspecified atom stereocenters. The summed E-state index contributed by atoms with van der Waals surface area (Å²) < 4.78 is 13.2. The van der Waals surface area contributed by atoms with Crippen LogP contribution >= 0.6 is 0 Å². The molecule has 0 aliphatic heterocycles. The van der Waals surface area contributed by atoms with Crippen molar-refractivity contribution in [3.8, 4) is 0 Å². The Balaban J connectivity index is 1.61. The average molecular weight is 384 g/mol. The van der Waals surface area contributed by atoms with Crippen molar-refractivity contribution in [3.63, 3.8) is 0 Å². The number of rotatable bonds is 5. The fourth-order valence-electron chi connectivity index (χ4n) is 3.35. The van der Waals surface area contributed by atoms with Crippen molar-refractivity contribution in [1.82, 2.24) is 0 Å². The minimum absolute atomic E-state index is 0.175. The van der Waals surface area contributed by atoms with Gasteiger partial charge in [-0.25, -0.2) is 4.39 Å². The minimum atomic E-state index is -0.809. The Kier molecular flexibility index (Phi) is 6.03. The molecule has 6 nitrogen and oxygen atoms in total. The number of hydrogen-bond donors (Lipinski definition) is 3. The molecule has 0 saturated heterocycles. The number of hydrogen-bond acceptors (Lipinski definition) is 3. The second kappa shape index (κ2) is 8.65. The molecule has 2 aromatic carbocycles. The number of halogens is 1. The smallest absolute Gasteiger partial charge is 0.306 e. The third-order valence-corrected chi connectivity index (χ3v) is 4.92. The molecule has 0 heterocycles. The van der Waals surface area contributed by atoms with E-state index in [4.69, 9.17) is 5.11 Å². The van der Waals surface area contributed by atoms with E-state index >= 15 is 0 Å². The Bertz CT molecular complexity index is 891. The van der Waals surface area contributed by atoms with Crippen molar-refractivity contribution < 1.29 is 23.9 Å². The van der Waals surface area contributed by atoms with Crippen molar-refractivity contribution in [1.29, 1.82) is 0 Å². The van der Waals surface area contributed by atoms with Crippen molar-refractivity contribution in [3.05, 3.63) is 59.9 Å². The first kappa shape index (κ1) is 19.5. The number of anilines is 2. The molecule has 1 fully saturated rings. The van der Waals surface area contributed by atoms with E-state index in [-0.39, 0.29) is 17.7 Å². The van der Waals surface area contributed by atoms with Crippen LogP contribution in [0.2, 0.25) is 0 Å². The monoisotopic (exact) mass is 384 g/mol. The quantitative estimate of drug-likeness (QED) is 0.728. The summed E-state index contributed by atoms with van der Waals surface area (Å²) in [7, 11) is 0. The van der Waals surface area contributed by atoms with E-state index in [0.29, 0.717) is 42.6 Å². The lowest BCUT2D eigenvalue weighted by Crippen LogP contribution is -2.29. The molecule has 146 valence electrons. The summed E-state index contributed by atoms with van der Waals surface area (Å²) in [5.74, 6) is -2.46. The molecule has 3 N–H and O–H groups in total. The first-order chi connectivity index (χ1) is 13.4. The van der Waals surface area contributed by atoms with E-state index in [9.17, 15) is 18.8 Å². The van der Waals surface area contributed by atoms with Gasteiger partial charge in [0.05, 0.1) is 5.92 Å². The summed E-state index contributed by atoms with van der Waals surface area (Å²) in [4.78, 5) is 35.8. The van der Waals surface area contributed by atoms with Gasteiger partial charge in [-0.2, -0.15) is 0 Å². The summed E-state index contributed by atoms with van der Waals surface area (Å²) in [6.45, 7) is 0. The Morgan fingerprint density at radius 3 is 2.11 bits per heavy atom. The van der Waals surface area contributed by atoms with Gasteiger partial charge >= 0.3 is 5.97 Å². The molecule has 0 aromatic heterocycles. The summed E-state index contributed by atoms with van der Waals surface area (Å²) in [5.41, 5.74) is 1.16. The predicted octanol–water partition coefficient (Wildman–Crippen LogP) is 3.91. The van der Waals surface area contributed by atoms with Crippen LogP contribution in [0, 0.1) is 17.7 Å². The standard InChI is InChI=1S/C21H21FN2O4/c22-16-4-2-6-18(12-16)24-20(26)15-3-1-5-17(11-15)23-19(25)13-7-9-14(10-8-13)21(27)28/h1-6,11-14H,7-10H2,(H,23,25)(H,24,26)(H,27,28). The van der Waals surface area contributed by atoms with E-state index in [0.717, 1.165) is 0 Å². The molecule has 0 radical (unpaired) electrons. The number of benzene rings is 2. The van der Waals surface area contributed by atoms with Crippen molar-refractivity contribution in [2.24, 2.45) is 11.8 Å². The van der Waals surface area contributed by atoms with Gasteiger partial charge in [-0.05, 0) is 62.1 Å². The number of amides is 2. The lowest BCUT2D eigenvalue weighted by atomic mass is 9.81. The van der Waals surface area contributed by atoms with Crippen LogP contribution < -0.4 is 10.6 Å². The lowest BCUT2D eigenvalue weighted by Gasteiger charge is -2.25. The summed E-state index contributed by atoms with van der Waals surface area (Å²) >= 11 is 0. The molecular weight excluding hydrogens is 363 g/mol. The van der Waals surface area contributed by atoms with Crippen LogP contribution in [0.5, 0.6) is 0 Å². The van der Waals surface area contributed by atoms with Gasteiger partial charge < -0.3 is 15.7 Å². The summed E-state index contributed by atoms with van der Waals surface area (Å²) in [5, 5.41) is 14.5. The Labute approximate surface area is 161 Å². The molecule has 1 saturated carbocycles. The highest BCUT2D eigenvalue weighted by Gasteiger charge is 2.29. The van der Waals surface area contributed by atoms with Crippen LogP contribution in [0.3, 0.4) is 0 Å². The van der Waals surface area contributed by atoms with Gasteiger partial charge in [0.25, 0.3) is 5.91 Å². The van der Waals surface area contributed by atoms with Crippen LogP contribution in [-0.2, 0) is 9.59 Å². The van der Waals surface area contributed by atoms with Gasteiger partial charge in [0.1, 0.15) is 5.82 Å². The summed E-state index contributed by atoms with van der Waals surface area (Å²) in [6.07, 6.45) is 2.04. The zero-order chi connectivity index (χ0) is 20.1. The molecule has 0 bridgehead atoms.